The highest BCUT2D eigenvalue weighted by Crippen LogP contribution is 2.28. The van der Waals surface area contributed by atoms with Crippen molar-refractivity contribution < 1.29 is 4.39 Å². The average molecular weight is 237 g/mol. The predicted octanol–water partition coefficient (Wildman–Crippen LogP) is 1.95. The molecule has 0 aliphatic carbocycles. The number of pyridine rings is 1. The van der Waals surface area contributed by atoms with Gasteiger partial charge in [0, 0.05) is 24.8 Å². The number of hydrogen-bond acceptors (Lipinski definition) is 3. The van der Waals surface area contributed by atoms with Gasteiger partial charge >= 0.3 is 0 Å². The van der Waals surface area contributed by atoms with Gasteiger partial charge in [-0.3, -0.25) is 9.88 Å². The van der Waals surface area contributed by atoms with Gasteiger partial charge in [0.15, 0.2) is 0 Å². The Hall–Kier alpha value is -1.00. The fourth-order valence-corrected chi connectivity index (χ4v) is 2.46. The Morgan fingerprint density at radius 3 is 2.82 bits per heavy atom. The van der Waals surface area contributed by atoms with Gasteiger partial charge in [0.05, 0.1) is 6.20 Å². The Morgan fingerprint density at radius 1 is 1.47 bits per heavy atom. The second-order valence-corrected chi connectivity index (χ2v) is 5.02. The summed E-state index contributed by atoms with van der Waals surface area (Å²) in [6.45, 7) is 6.18. The normalized spacial score (nSPS) is 24.8. The highest BCUT2D eigenvalue weighted by molar-refractivity contribution is 5.15. The van der Waals surface area contributed by atoms with Crippen molar-refractivity contribution in [2.45, 2.75) is 32.4 Å². The minimum atomic E-state index is -0.266. The average Bonchev–Trinajstić information content (AvgIpc) is 2.77. The first-order valence-corrected chi connectivity index (χ1v) is 6.18. The highest BCUT2D eigenvalue weighted by Gasteiger charge is 2.28. The van der Waals surface area contributed by atoms with Crippen molar-refractivity contribution in [2.75, 3.05) is 13.1 Å². The number of nitrogens with zero attached hydrogens (tertiary/aromatic N) is 2. The summed E-state index contributed by atoms with van der Waals surface area (Å²) >= 11 is 0. The van der Waals surface area contributed by atoms with Gasteiger partial charge in [0.2, 0.25) is 0 Å². The molecule has 0 spiro atoms. The molecule has 0 bridgehead atoms. The Bertz CT molecular complexity index is 381. The molecule has 17 heavy (non-hydrogen) atoms. The predicted molar refractivity (Wildman–Crippen MR) is 65.9 cm³/mol. The molecule has 3 unspecified atom stereocenters. The van der Waals surface area contributed by atoms with Crippen LogP contribution in [0.4, 0.5) is 4.39 Å². The molecular weight excluding hydrogens is 217 g/mol. The molecule has 0 amide bonds. The zero-order chi connectivity index (χ0) is 12.4. The first-order chi connectivity index (χ1) is 8.08. The lowest BCUT2D eigenvalue weighted by Crippen LogP contribution is -2.31. The van der Waals surface area contributed by atoms with Gasteiger partial charge in [-0.05, 0) is 44.4 Å². The minimum Gasteiger partial charge on any atom is -0.328 e. The van der Waals surface area contributed by atoms with E-state index in [-0.39, 0.29) is 17.9 Å². The maximum absolute atomic E-state index is 13.1. The third-order valence-corrected chi connectivity index (χ3v) is 3.76. The minimum absolute atomic E-state index is 0.210. The molecule has 0 aromatic carbocycles. The monoisotopic (exact) mass is 237 g/mol. The summed E-state index contributed by atoms with van der Waals surface area (Å²) in [4.78, 5) is 6.26. The standard InChI is InChI=1S/C13H20FN3/c1-9(15)11-3-4-17(8-11)10(2)12-5-13(14)7-16-6-12/h5-7,9-11H,3-4,8,15H2,1-2H3. The summed E-state index contributed by atoms with van der Waals surface area (Å²) in [6.07, 6.45) is 4.11. The van der Waals surface area contributed by atoms with Crippen molar-refractivity contribution in [3.63, 3.8) is 0 Å². The lowest BCUT2D eigenvalue weighted by molar-refractivity contribution is 0.247. The van der Waals surface area contributed by atoms with Crippen molar-refractivity contribution in [2.24, 2.45) is 11.7 Å². The smallest absolute Gasteiger partial charge is 0.141 e. The molecule has 3 atom stereocenters. The summed E-state index contributed by atoms with van der Waals surface area (Å²) in [6, 6.07) is 2.01. The molecule has 94 valence electrons. The summed E-state index contributed by atoms with van der Waals surface area (Å²) in [7, 11) is 0. The van der Waals surface area contributed by atoms with Gasteiger partial charge in [-0.15, -0.1) is 0 Å². The molecule has 0 radical (unpaired) electrons. The van der Waals surface area contributed by atoms with Crippen LogP contribution in [0.3, 0.4) is 0 Å². The fourth-order valence-electron chi connectivity index (χ4n) is 2.46. The summed E-state index contributed by atoms with van der Waals surface area (Å²) in [5.41, 5.74) is 6.86. The number of aromatic nitrogens is 1. The van der Waals surface area contributed by atoms with Crippen LogP contribution in [-0.2, 0) is 0 Å². The fraction of sp³-hybridized carbons (Fsp3) is 0.615. The topological polar surface area (TPSA) is 42.1 Å². The van der Waals surface area contributed by atoms with E-state index in [0.29, 0.717) is 5.92 Å². The number of nitrogens with two attached hydrogens (primary N) is 1. The van der Waals surface area contributed by atoms with Crippen LogP contribution in [0.15, 0.2) is 18.5 Å². The van der Waals surface area contributed by atoms with E-state index in [0.717, 1.165) is 25.1 Å². The van der Waals surface area contributed by atoms with Crippen LogP contribution in [-0.4, -0.2) is 29.0 Å². The van der Waals surface area contributed by atoms with E-state index in [4.69, 9.17) is 5.73 Å². The van der Waals surface area contributed by atoms with Crippen molar-refractivity contribution in [1.29, 1.82) is 0 Å². The third-order valence-electron chi connectivity index (χ3n) is 3.76. The van der Waals surface area contributed by atoms with Crippen LogP contribution in [0, 0.1) is 11.7 Å². The Kier molecular flexibility index (Phi) is 3.74. The number of halogens is 1. The Labute approximate surface area is 102 Å². The van der Waals surface area contributed by atoms with E-state index in [9.17, 15) is 4.39 Å². The van der Waals surface area contributed by atoms with Crippen LogP contribution in [0.2, 0.25) is 0 Å². The quantitative estimate of drug-likeness (QED) is 0.873. The van der Waals surface area contributed by atoms with Crippen LogP contribution in [0.1, 0.15) is 31.9 Å². The van der Waals surface area contributed by atoms with Crippen molar-refractivity contribution >= 4 is 0 Å². The van der Waals surface area contributed by atoms with Gasteiger partial charge in [-0.25, -0.2) is 4.39 Å². The van der Waals surface area contributed by atoms with Crippen LogP contribution >= 0.6 is 0 Å². The molecule has 1 fully saturated rings. The second-order valence-electron chi connectivity index (χ2n) is 5.02. The van der Waals surface area contributed by atoms with Crippen molar-refractivity contribution in [1.82, 2.24) is 9.88 Å². The number of hydrogen-bond donors (Lipinski definition) is 1. The van der Waals surface area contributed by atoms with Crippen molar-refractivity contribution in [3.8, 4) is 0 Å². The molecule has 0 saturated carbocycles. The number of rotatable bonds is 3. The molecule has 1 aliphatic heterocycles. The molecule has 2 heterocycles. The van der Waals surface area contributed by atoms with Gasteiger partial charge < -0.3 is 5.73 Å². The zero-order valence-electron chi connectivity index (χ0n) is 10.4. The SMILES string of the molecule is CC(N)C1CCN(C(C)c2cncc(F)c2)C1. The molecule has 1 aromatic heterocycles. The van der Waals surface area contributed by atoms with E-state index in [1.165, 1.54) is 6.20 Å². The van der Waals surface area contributed by atoms with E-state index in [2.05, 4.69) is 23.7 Å². The highest BCUT2D eigenvalue weighted by atomic mass is 19.1. The first kappa shape index (κ1) is 12.5. The molecule has 3 nitrogen and oxygen atoms in total. The lowest BCUT2D eigenvalue weighted by atomic mass is 10.0. The zero-order valence-corrected chi connectivity index (χ0v) is 10.4. The van der Waals surface area contributed by atoms with E-state index >= 15 is 0 Å². The van der Waals surface area contributed by atoms with Gasteiger partial charge in [0.1, 0.15) is 5.82 Å². The Morgan fingerprint density at radius 2 is 2.24 bits per heavy atom. The van der Waals surface area contributed by atoms with E-state index in [1.807, 2.05) is 0 Å². The summed E-state index contributed by atoms with van der Waals surface area (Å²) in [5, 5.41) is 0. The molecule has 4 heteroatoms. The van der Waals surface area contributed by atoms with E-state index < -0.39 is 0 Å². The Balaban J connectivity index is 2.04. The third kappa shape index (κ3) is 2.82. The van der Waals surface area contributed by atoms with Gasteiger partial charge in [-0.2, -0.15) is 0 Å². The molecule has 1 saturated heterocycles. The second kappa shape index (κ2) is 5.10. The summed E-state index contributed by atoms with van der Waals surface area (Å²) in [5.74, 6) is 0.288. The largest absolute Gasteiger partial charge is 0.328 e. The maximum atomic E-state index is 13.1. The maximum Gasteiger partial charge on any atom is 0.141 e. The van der Waals surface area contributed by atoms with Gasteiger partial charge in [-0.1, -0.05) is 0 Å². The van der Waals surface area contributed by atoms with Crippen LogP contribution in [0.5, 0.6) is 0 Å². The van der Waals surface area contributed by atoms with E-state index in [1.54, 1.807) is 12.3 Å². The van der Waals surface area contributed by atoms with Crippen LogP contribution < -0.4 is 5.73 Å². The summed E-state index contributed by atoms with van der Waals surface area (Å²) < 4.78 is 13.1. The molecular formula is C13H20FN3. The molecule has 1 aliphatic rings. The van der Waals surface area contributed by atoms with Crippen LogP contribution in [0.25, 0.3) is 0 Å². The van der Waals surface area contributed by atoms with Gasteiger partial charge in [0.25, 0.3) is 0 Å². The molecule has 2 N–H and O–H groups in total. The van der Waals surface area contributed by atoms with Crippen molar-refractivity contribution in [3.05, 3.63) is 29.8 Å². The first-order valence-electron chi connectivity index (χ1n) is 6.18. The lowest BCUT2D eigenvalue weighted by Gasteiger charge is -2.25. The molecule has 1 aromatic rings. The molecule has 2 rings (SSSR count). The number of likely N-dealkylation sites (tertiary alicyclic amines) is 1.